The number of benzene rings is 2. The Bertz CT molecular complexity index is 584. The first kappa shape index (κ1) is 16.7. The van der Waals surface area contributed by atoms with Crippen molar-refractivity contribution in [1.82, 2.24) is 5.32 Å². The minimum atomic E-state index is 0.0652. The van der Waals surface area contributed by atoms with Crippen molar-refractivity contribution in [2.75, 3.05) is 26.4 Å². The van der Waals surface area contributed by atoms with Gasteiger partial charge in [-0.1, -0.05) is 30.3 Å². The monoisotopic (exact) mass is 303 g/mol. The number of rotatable bonds is 9. The van der Waals surface area contributed by atoms with Gasteiger partial charge in [-0.3, -0.25) is 0 Å². The minimum absolute atomic E-state index is 0.0652. The smallest absolute Gasteiger partial charge is 0.124 e. The molecule has 2 aromatic rings. The summed E-state index contributed by atoms with van der Waals surface area (Å²) in [6.45, 7) is 6.58. The highest BCUT2D eigenvalue weighted by Crippen LogP contribution is 2.28. The van der Waals surface area contributed by atoms with Crippen LogP contribution in [0.15, 0.2) is 36.4 Å². The lowest BCUT2D eigenvalue weighted by molar-refractivity contribution is 0.0937. The zero-order chi connectivity index (χ0) is 15.8. The second-order valence-corrected chi connectivity index (χ2v) is 5.44. The molecule has 0 atom stereocenters. The number of aliphatic hydroxyl groups excluding tert-OH is 1. The quantitative estimate of drug-likeness (QED) is 0.699. The number of fused-ring (bicyclic) bond motifs is 1. The van der Waals surface area contributed by atoms with Crippen LogP contribution in [0, 0.1) is 0 Å². The molecule has 0 spiro atoms. The molecule has 22 heavy (non-hydrogen) atoms. The molecular weight excluding hydrogens is 278 g/mol. The molecule has 0 saturated carbocycles. The maximum absolute atomic E-state index is 8.68. The van der Waals surface area contributed by atoms with Crippen LogP contribution in [0.3, 0.4) is 0 Å². The van der Waals surface area contributed by atoms with E-state index < -0.39 is 0 Å². The Balaban J connectivity index is 2.10. The maximum Gasteiger partial charge on any atom is 0.124 e. The molecule has 0 aliphatic carbocycles. The van der Waals surface area contributed by atoms with E-state index in [-0.39, 0.29) is 12.7 Å². The van der Waals surface area contributed by atoms with Crippen molar-refractivity contribution in [2.24, 2.45) is 0 Å². The zero-order valence-electron chi connectivity index (χ0n) is 13.3. The van der Waals surface area contributed by atoms with Gasteiger partial charge in [-0.15, -0.1) is 0 Å². The van der Waals surface area contributed by atoms with E-state index in [4.69, 9.17) is 14.6 Å². The highest BCUT2D eigenvalue weighted by molar-refractivity contribution is 5.87. The van der Waals surface area contributed by atoms with Crippen LogP contribution in [-0.2, 0) is 11.3 Å². The lowest BCUT2D eigenvalue weighted by Crippen LogP contribution is -2.21. The third kappa shape index (κ3) is 4.70. The van der Waals surface area contributed by atoms with Gasteiger partial charge in [0, 0.05) is 18.7 Å². The fourth-order valence-electron chi connectivity index (χ4n) is 2.39. The van der Waals surface area contributed by atoms with Crippen LogP contribution in [0.5, 0.6) is 5.75 Å². The van der Waals surface area contributed by atoms with Crippen LogP contribution in [0.25, 0.3) is 10.8 Å². The van der Waals surface area contributed by atoms with Gasteiger partial charge in [-0.25, -0.2) is 0 Å². The lowest BCUT2D eigenvalue weighted by Gasteiger charge is -2.17. The van der Waals surface area contributed by atoms with Gasteiger partial charge >= 0.3 is 0 Å². The number of nitrogens with one attached hydrogen (secondary N) is 1. The molecule has 0 heterocycles. The van der Waals surface area contributed by atoms with Crippen molar-refractivity contribution in [1.29, 1.82) is 0 Å². The molecule has 2 aromatic carbocycles. The predicted octanol–water partition coefficient (Wildman–Crippen LogP) is 2.73. The molecule has 120 valence electrons. The Morgan fingerprint density at radius 2 is 1.91 bits per heavy atom. The standard InChI is InChI=1S/C18H25NO3/c1-14(2)22-18-8-7-15-5-3-4-6-16(15)17(18)13-19-9-11-21-12-10-20/h3-8,14,19-20H,9-13H2,1-2H3. The van der Waals surface area contributed by atoms with Gasteiger partial charge in [-0.05, 0) is 30.7 Å². The molecule has 0 unspecified atom stereocenters. The largest absolute Gasteiger partial charge is 0.491 e. The summed E-state index contributed by atoms with van der Waals surface area (Å²) in [6.07, 6.45) is 0.146. The van der Waals surface area contributed by atoms with Crippen LogP contribution in [0.2, 0.25) is 0 Å². The summed E-state index contributed by atoms with van der Waals surface area (Å²) in [5.74, 6) is 0.928. The highest BCUT2D eigenvalue weighted by atomic mass is 16.5. The van der Waals surface area contributed by atoms with Crippen molar-refractivity contribution < 1.29 is 14.6 Å². The number of hydrogen-bond donors (Lipinski definition) is 2. The molecule has 2 rings (SSSR count). The molecule has 0 radical (unpaired) electrons. The Morgan fingerprint density at radius 3 is 2.68 bits per heavy atom. The van der Waals surface area contributed by atoms with Gasteiger partial charge in [0.2, 0.25) is 0 Å². The lowest BCUT2D eigenvalue weighted by atomic mass is 10.0. The third-order valence-corrected chi connectivity index (χ3v) is 3.32. The summed E-state index contributed by atoms with van der Waals surface area (Å²) in [5.41, 5.74) is 1.17. The Labute approximate surface area is 132 Å². The van der Waals surface area contributed by atoms with Gasteiger partial charge in [-0.2, -0.15) is 0 Å². The molecular formula is C18H25NO3. The fraction of sp³-hybridized carbons (Fsp3) is 0.444. The summed E-state index contributed by atoms with van der Waals surface area (Å²) in [4.78, 5) is 0. The average Bonchev–Trinajstić information content (AvgIpc) is 2.51. The van der Waals surface area contributed by atoms with Crippen LogP contribution >= 0.6 is 0 Å². The molecule has 4 nitrogen and oxygen atoms in total. The number of ether oxygens (including phenoxy) is 2. The fourth-order valence-corrected chi connectivity index (χ4v) is 2.39. The van der Waals surface area contributed by atoms with E-state index in [1.807, 2.05) is 26.0 Å². The molecule has 2 N–H and O–H groups in total. The molecule has 0 amide bonds. The van der Waals surface area contributed by atoms with E-state index >= 15 is 0 Å². The van der Waals surface area contributed by atoms with Crippen LogP contribution in [0.1, 0.15) is 19.4 Å². The highest BCUT2D eigenvalue weighted by Gasteiger charge is 2.09. The van der Waals surface area contributed by atoms with Gasteiger partial charge < -0.3 is 19.9 Å². The van der Waals surface area contributed by atoms with E-state index in [0.29, 0.717) is 13.2 Å². The van der Waals surface area contributed by atoms with Crippen molar-refractivity contribution >= 4 is 10.8 Å². The van der Waals surface area contributed by atoms with Crippen LogP contribution in [0.4, 0.5) is 0 Å². The third-order valence-electron chi connectivity index (χ3n) is 3.32. The second kappa shape index (κ2) is 8.73. The summed E-state index contributed by atoms with van der Waals surface area (Å²) in [7, 11) is 0. The second-order valence-electron chi connectivity index (χ2n) is 5.44. The SMILES string of the molecule is CC(C)Oc1ccc2ccccc2c1CNCCOCCO. The van der Waals surface area contributed by atoms with Crippen molar-refractivity contribution in [3.05, 3.63) is 42.0 Å². The first-order chi connectivity index (χ1) is 10.7. The summed E-state index contributed by atoms with van der Waals surface area (Å²) < 4.78 is 11.2. The Morgan fingerprint density at radius 1 is 1.09 bits per heavy atom. The van der Waals surface area contributed by atoms with E-state index in [9.17, 15) is 0 Å². The van der Waals surface area contributed by atoms with E-state index in [1.54, 1.807) is 0 Å². The van der Waals surface area contributed by atoms with E-state index in [2.05, 4.69) is 29.6 Å². The maximum atomic E-state index is 8.68. The van der Waals surface area contributed by atoms with Gasteiger partial charge in [0.15, 0.2) is 0 Å². The minimum Gasteiger partial charge on any atom is -0.491 e. The van der Waals surface area contributed by atoms with E-state index in [0.717, 1.165) is 18.8 Å². The Hall–Kier alpha value is -1.62. The average molecular weight is 303 g/mol. The van der Waals surface area contributed by atoms with Gasteiger partial charge in [0.05, 0.1) is 25.9 Å². The normalized spacial score (nSPS) is 11.3. The van der Waals surface area contributed by atoms with Crippen molar-refractivity contribution in [3.63, 3.8) is 0 Å². The van der Waals surface area contributed by atoms with Crippen LogP contribution in [-0.4, -0.2) is 37.6 Å². The predicted molar refractivity (Wildman–Crippen MR) is 89.3 cm³/mol. The first-order valence-electron chi connectivity index (χ1n) is 7.79. The molecule has 0 saturated heterocycles. The number of hydrogen-bond acceptors (Lipinski definition) is 4. The Kier molecular flexibility index (Phi) is 6.65. The summed E-state index contributed by atoms with van der Waals surface area (Å²) in [5, 5.41) is 14.5. The van der Waals surface area contributed by atoms with Gasteiger partial charge in [0.1, 0.15) is 5.75 Å². The topological polar surface area (TPSA) is 50.7 Å². The molecule has 0 aromatic heterocycles. The molecule has 0 fully saturated rings. The van der Waals surface area contributed by atoms with Crippen molar-refractivity contribution in [2.45, 2.75) is 26.5 Å². The molecule has 4 heteroatoms. The molecule has 0 aliphatic rings. The van der Waals surface area contributed by atoms with Crippen molar-refractivity contribution in [3.8, 4) is 5.75 Å². The zero-order valence-corrected chi connectivity index (χ0v) is 13.3. The van der Waals surface area contributed by atoms with Gasteiger partial charge in [0.25, 0.3) is 0 Å². The van der Waals surface area contributed by atoms with Crippen LogP contribution < -0.4 is 10.1 Å². The summed E-state index contributed by atoms with van der Waals surface area (Å²) >= 11 is 0. The molecule has 0 aliphatic heterocycles. The summed E-state index contributed by atoms with van der Waals surface area (Å²) in [6, 6.07) is 12.5. The first-order valence-corrected chi connectivity index (χ1v) is 7.79. The molecule has 0 bridgehead atoms. The number of aliphatic hydroxyl groups is 1. The van der Waals surface area contributed by atoms with E-state index in [1.165, 1.54) is 16.3 Å².